The van der Waals surface area contributed by atoms with Gasteiger partial charge in [0.15, 0.2) is 11.2 Å². The topological polar surface area (TPSA) is 248 Å². The second-order valence-electron chi connectivity index (χ2n) is 11.7. The molecule has 22 heteroatoms. The van der Waals surface area contributed by atoms with E-state index in [-0.39, 0.29) is 33.4 Å². The number of hydrogen-bond donors (Lipinski definition) is 8. The molecule has 5 aromatic rings. The average molecular weight is 990 g/mol. The normalized spacial score (nSPS) is 12.1. The quantitative estimate of drug-likeness (QED) is 0.0168. The van der Waals surface area contributed by atoms with Gasteiger partial charge in [0.2, 0.25) is 0 Å². The summed E-state index contributed by atoms with van der Waals surface area (Å²) in [6.45, 7) is 0. The van der Waals surface area contributed by atoms with Crippen molar-refractivity contribution in [3.63, 3.8) is 0 Å². The number of phenols is 1. The minimum absolute atomic E-state index is 0.0301. The highest BCUT2D eigenvalue weighted by molar-refractivity contribution is 9.11. The molecule has 16 nitrogen and oxygen atoms in total. The van der Waals surface area contributed by atoms with Crippen LogP contribution in [0.25, 0.3) is 22.9 Å². The van der Waals surface area contributed by atoms with Gasteiger partial charge in [-0.2, -0.15) is 26.9 Å². The number of halogens is 2. The van der Waals surface area contributed by atoms with Gasteiger partial charge in [-0.15, -0.1) is 0 Å². The number of fused-ring (bicyclic) bond motifs is 1. The first-order valence-electron chi connectivity index (χ1n) is 16.0. The summed E-state index contributed by atoms with van der Waals surface area (Å²) >= 11 is 16.2. The fourth-order valence-corrected chi connectivity index (χ4v) is 8.01. The Hall–Kier alpha value is -5.42. The van der Waals surface area contributed by atoms with Crippen LogP contribution in [0.1, 0.15) is 16.7 Å². The van der Waals surface area contributed by atoms with Gasteiger partial charge in [-0.1, -0.05) is 54.6 Å². The van der Waals surface area contributed by atoms with Crippen molar-refractivity contribution < 1.29 is 40.6 Å². The lowest BCUT2D eigenvalue weighted by atomic mass is 10.1. The first-order valence-corrected chi connectivity index (χ1v) is 21.3. The molecule has 1 unspecified atom stereocenters. The molecule has 0 bridgehead atoms. The van der Waals surface area contributed by atoms with Crippen molar-refractivity contribution in [2.75, 3.05) is 10.6 Å². The zero-order valence-electron chi connectivity index (χ0n) is 29.0. The number of anilines is 2. The number of hydrazone groups is 1. The van der Waals surface area contributed by atoms with Crippen molar-refractivity contribution in [3.8, 4) is 5.75 Å². The van der Waals surface area contributed by atoms with Crippen LogP contribution in [0.3, 0.4) is 0 Å². The molecule has 0 aliphatic heterocycles. The molecule has 8 N–H and O–H groups in total. The highest BCUT2D eigenvalue weighted by atomic mass is 79.9. The van der Waals surface area contributed by atoms with Crippen LogP contribution < -0.4 is 26.9 Å². The molecule has 0 aromatic heterocycles. The Kier molecular flexibility index (Phi) is 14.2. The smallest absolute Gasteiger partial charge is 0.295 e. The van der Waals surface area contributed by atoms with Crippen LogP contribution in [-0.2, 0) is 29.8 Å². The van der Waals surface area contributed by atoms with Gasteiger partial charge in [0, 0.05) is 11.4 Å². The molecule has 2 amide bonds. The van der Waals surface area contributed by atoms with Crippen molar-refractivity contribution in [2.24, 2.45) is 10.1 Å². The van der Waals surface area contributed by atoms with Gasteiger partial charge in [0.05, 0.1) is 26.0 Å². The molecule has 5 rings (SSSR count). The van der Waals surface area contributed by atoms with Gasteiger partial charge in [-0.05, 0) is 132 Å². The maximum atomic E-state index is 13.5. The van der Waals surface area contributed by atoms with E-state index in [9.17, 15) is 40.6 Å². The number of phenolic OH excluding ortho intramolecular Hbond substituents is 1. The lowest BCUT2D eigenvalue weighted by Crippen LogP contribution is -2.54. The molecule has 298 valence electrons. The Morgan fingerprint density at radius 2 is 1.36 bits per heavy atom. The first kappa shape index (κ1) is 43.7. The van der Waals surface area contributed by atoms with E-state index >= 15 is 0 Å². The number of rotatable bonds is 12. The fourth-order valence-electron chi connectivity index (χ4n) is 5.10. The zero-order chi connectivity index (χ0) is 42.2. The second-order valence-corrected chi connectivity index (χ2v) is 16.8. The number of carbonyl (C=O) groups is 2. The predicted molar refractivity (Wildman–Crippen MR) is 234 cm³/mol. The van der Waals surface area contributed by atoms with Crippen molar-refractivity contribution in [3.05, 3.63) is 117 Å². The van der Waals surface area contributed by atoms with Crippen LogP contribution in [0.4, 0.5) is 17.1 Å². The Bertz CT molecular complexity index is 2780. The summed E-state index contributed by atoms with van der Waals surface area (Å²) < 4.78 is 69.2. The van der Waals surface area contributed by atoms with Crippen molar-refractivity contribution in [1.29, 1.82) is 0 Å². The Morgan fingerprint density at radius 3 is 2.00 bits per heavy atom. The summed E-state index contributed by atoms with van der Waals surface area (Å²) in [6.07, 6.45) is 3.68. The molecule has 0 fully saturated rings. The van der Waals surface area contributed by atoms with Gasteiger partial charge in [-0.3, -0.25) is 29.5 Å². The number of aliphatic imine (C=N–C) groups is 1. The van der Waals surface area contributed by atoms with Gasteiger partial charge >= 0.3 is 0 Å². The SMILES string of the molecule is O=C(NN=Cc1cc(Br)c(O)c(Br)c1)C(Nc1ccc2ccccc2c1)C(=O)NNC(=S)Nc1ccc(C=Cc2ccc(N=C=S)cc2S(=O)(=O)O)c(S(=O)(=O)O)c1. The monoisotopic (exact) mass is 987 g/mol. The molecule has 0 aliphatic carbocycles. The Morgan fingerprint density at radius 1 is 0.759 bits per heavy atom. The van der Waals surface area contributed by atoms with E-state index < -0.39 is 47.9 Å². The van der Waals surface area contributed by atoms with E-state index in [1.54, 1.807) is 30.3 Å². The van der Waals surface area contributed by atoms with Gasteiger partial charge in [0.25, 0.3) is 32.1 Å². The standard InChI is InChI=1S/C36H27Br2N7O9S4/c37-28-13-20(14-29(38)33(28)46)18-40-43-34(47)32(41-26-11-7-21-3-1-2-4-24(21)15-26)35(48)44-45-36(56)42-27-12-9-23(31(17-27)58(52,53)54)6-5-22-8-10-25(39-19-55)16-30(22)57(49,50)51/h1-18,32,41,46H,(H,43,47)(H,44,48)(H2,42,45,56)(H,49,50,51)(H,52,53,54). The minimum Gasteiger partial charge on any atom is -0.506 e. The van der Waals surface area contributed by atoms with Gasteiger partial charge in [0.1, 0.15) is 15.5 Å². The van der Waals surface area contributed by atoms with E-state index in [1.165, 1.54) is 42.6 Å². The maximum absolute atomic E-state index is 13.5. The molecule has 1 atom stereocenters. The second kappa shape index (κ2) is 18.9. The Labute approximate surface area is 358 Å². The summed E-state index contributed by atoms with van der Waals surface area (Å²) in [5.41, 5.74) is 7.99. The van der Waals surface area contributed by atoms with E-state index in [4.69, 9.17) is 12.2 Å². The number of amides is 2. The van der Waals surface area contributed by atoms with Crippen LogP contribution in [0.15, 0.2) is 120 Å². The number of hydrazine groups is 1. The lowest BCUT2D eigenvalue weighted by Gasteiger charge is -2.19. The van der Waals surface area contributed by atoms with Crippen molar-refractivity contribution in [2.45, 2.75) is 15.8 Å². The molecule has 0 saturated heterocycles. The largest absolute Gasteiger partial charge is 0.506 e. The minimum atomic E-state index is -4.88. The molecule has 0 radical (unpaired) electrons. The van der Waals surface area contributed by atoms with Crippen LogP contribution in [-0.4, -0.2) is 65.4 Å². The number of isothiocyanates is 1. The van der Waals surface area contributed by atoms with Gasteiger partial charge < -0.3 is 15.7 Å². The zero-order valence-corrected chi connectivity index (χ0v) is 35.5. The average Bonchev–Trinajstić information content (AvgIpc) is 3.17. The number of hydrogen-bond acceptors (Lipinski definition) is 12. The number of carbonyl (C=O) groups excluding carboxylic acids is 2. The summed E-state index contributed by atoms with van der Waals surface area (Å²) in [7, 11) is -9.62. The lowest BCUT2D eigenvalue weighted by molar-refractivity contribution is -0.130. The number of nitrogens with zero attached hydrogens (tertiary/aromatic N) is 2. The summed E-state index contributed by atoms with van der Waals surface area (Å²) in [4.78, 5) is 29.4. The highest BCUT2D eigenvalue weighted by Gasteiger charge is 2.27. The highest BCUT2D eigenvalue weighted by Crippen LogP contribution is 2.33. The third kappa shape index (κ3) is 11.6. The number of nitrogens with one attached hydrogen (secondary N) is 5. The molecule has 0 heterocycles. The number of thiocarbonyl (C=S) groups is 2. The first-order chi connectivity index (χ1) is 27.4. The number of benzene rings is 5. The molecule has 0 spiro atoms. The molecular weight excluding hydrogens is 963 g/mol. The summed E-state index contributed by atoms with van der Waals surface area (Å²) in [5, 5.41) is 23.0. The van der Waals surface area contributed by atoms with Crippen LogP contribution in [0.2, 0.25) is 0 Å². The number of aromatic hydroxyl groups is 1. The molecular formula is C36H27Br2N7O9S4. The predicted octanol–water partition coefficient (Wildman–Crippen LogP) is 6.42. The fraction of sp³-hybridized carbons (Fsp3) is 0.0278. The summed E-state index contributed by atoms with van der Waals surface area (Å²) in [5.74, 6) is -1.81. The van der Waals surface area contributed by atoms with Crippen LogP contribution >= 0.6 is 56.3 Å². The molecule has 58 heavy (non-hydrogen) atoms. The third-order valence-electron chi connectivity index (χ3n) is 7.75. The molecule has 0 aliphatic rings. The summed E-state index contributed by atoms with van der Waals surface area (Å²) in [6, 6.07) is 21.6. The third-order valence-corrected chi connectivity index (χ3v) is 11.1. The van der Waals surface area contributed by atoms with Crippen molar-refractivity contribution >= 4 is 145 Å². The molecule has 0 saturated carbocycles. The van der Waals surface area contributed by atoms with Crippen LogP contribution in [0.5, 0.6) is 5.75 Å². The Balaban J connectivity index is 1.32. The van der Waals surface area contributed by atoms with Crippen molar-refractivity contribution in [1.82, 2.24) is 16.3 Å². The van der Waals surface area contributed by atoms with Gasteiger partial charge in [-0.25, -0.2) is 5.43 Å². The van der Waals surface area contributed by atoms with E-state index in [1.807, 2.05) is 24.3 Å². The molecule has 5 aromatic carbocycles. The maximum Gasteiger partial charge on any atom is 0.295 e. The van der Waals surface area contributed by atoms with Crippen LogP contribution in [0, 0.1) is 0 Å². The van der Waals surface area contributed by atoms with E-state index in [0.29, 0.717) is 20.2 Å². The van der Waals surface area contributed by atoms with E-state index in [0.717, 1.165) is 22.9 Å². The van der Waals surface area contributed by atoms with E-state index in [2.05, 4.69) is 86.2 Å².